The van der Waals surface area contributed by atoms with Crippen LogP contribution in [0.1, 0.15) is 52.7 Å². The Balaban J connectivity index is 1.38. The summed E-state index contributed by atoms with van der Waals surface area (Å²) in [5, 5.41) is 35.2. The first kappa shape index (κ1) is 25.0. The molecule has 0 fully saturated rings. The first-order chi connectivity index (χ1) is 19.5. The number of methoxy groups -OCH3 is 1. The molecule has 8 heteroatoms. The molecule has 0 saturated heterocycles. The van der Waals surface area contributed by atoms with Crippen LogP contribution < -0.4 is 19.5 Å². The number of phenols is 2. The molecule has 3 aromatic carbocycles. The minimum Gasteiger partial charge on any atom is -0.508 e. The van der Waals surface area contributed by atoms with Crippen LogP contribution >= 0.6 is 0 Å². The highest BCUT2D eigenvalue weighted by atomic mass is 16.5. The summed E-state index contributed by atoms with van der Waals surface area (Å²) in [5.41, 5.74) is 7.37. The van der Waals surface area contributed by atoms with Gasteiger partial charge in [0, 0.05) is 42.1 Å². The second-order valence-electron chi connectivity index (χ2n) is 11.1. The third-order valence-corrected chi connectivity index (χ3v) is 8.70. The van der Waals surface area contributed by atoms with Gasteiger partial charge in [-0.1, -0.05) is 12.1 Å². The van der Waals surface area contributed by atoms with Crippen molar-refractivity contribution in [2.45, 2.75) is 50.2 Å². The molecular weight excluding hydrogens is 508 g/mol. The number of nitrogens with zero attached hydrogens (tertiary/aromatic N) is 1. The summed E-state index contributed by atoms with van der Waals surface area (Å²) < 4.78 is 18.5. The fraction of sp³-hybridized carbons (Fsp3) is 0.375. The summed E-state index contributed by atoms with van der Waals surface area (Å²) in [6, 6.07) is 10.7. The van der Waals surface area contributed by atoms with Crippen LogP contribution in [0.15, 0.2) is 48.8 Å². The van der Waals surface area contributed by atoms with Crippen LogP contribution in [-0.4, -0.2) is 53.3 Å². The summed E-state index contributed by atoms with van der Waals surface area (Å²) in [4.78, 5) is 2.26. The standard InChI is InChI=1S/C32H34N2O6/c1-38-27-15-19(4-7-25(27)36)30-26(37)16-24-28-18(8-10-34-11-9-33-17-34)13-20-14-21(35)5-6-22(20)29(28)32-23(31(24)40-30)3-2-12-39-32/h4-7,9,11,14-15,18,26,30,33,35-37H,2-3,8,10,12-13,16-17H2,1H3/t18-,26-,30-/m1/s1. The van der Waals surface area contributed by atoms with E-state index in [2.05, 4.69) is 16.4 Å². The maximum atomic E-state index is 11.5. The second-order valence-corrected chi connectivity index (χ2v) is 11.1. The van der Waals surface area contributed by atoms with E-state index in [-0.39, 0.29) is 17.4 Å². The van der Waals surface area contributed by atoms with Crippen LogP contribution in [-0.2, 0) is 19.3 Å². The lowest BCUT2D eigenvalue weighted by molar-refractivity contribution is 0.0189. The Hall–Kier alpha value is -4.04. The number of phenolic OH excluding ortho intramolecular Hbond substituents is 2. The molecule has 0 aromatic heterocycles. The number of aliphatic hydroxyl groups excluding tert-OH is 1. The van der Waals surface area contributed by atoms with E-state index in [1.807, 2.05) is 18.3 Å². The molecule has 3 atom stereocenters. The Morgan fingerprint density at radius 3 is 2.80 bits per heavy atom. The van der Waals surface area contributed by atoms with E-state index in [1.165, 1.54) is 12.7 Å². The lowest BCUT2D eigenvalue weighted by Crippen LogP contribution is -2.33. The molecule has 0 unspecified atom stereocenters. The summed E-state index contributed by atoms with van der Waals surface area (Å²) in [6.45, 7) is 2.32. The molecule has 208 valence electrons. The van der Waals surface area contributed by atoms with Gasteiger partial charge in [0.1, 0.15) is 23.4 Å². The number of benzene rings is 3. The Labute approximate surface area is 233 Å². The van der Waals surface area contributed by atoms with E-state index in [0.29, 0.717) is 18.8 Å². The van der Waals surface area contributed by atoms with Crippen molar-refractivity contribution in [3.63, 3.8) is 0 Å². The fourth-order valence-electron chi connectivity index (χ4n) is 6.85. The molecule has 0 bridgehead atoms. The lowest BCUT2D eigenvalue weighted by Gasteiger charge is -2.40. The number of aliphatic hydroxyl groups is 1. The third kappa shape index (κ3) is 4.09. The van der Waals surface area contributed by atoms with Crippen LogP contribution in [0.25, 0.3) is 11.1 Å². The van der Waals surface area contributed by atoms with Crippen molar-refractivity contribution in [1.82, 2.24) is 10.2 Å². The van der Waals surface area contributed by atoms with E-state index in [4.69, 9.17) is 14.2 Å². The molecule has 1 aliphatic carbocycles. The van der Waals surface area contributed by atoms with Gasteiger partial charge in [0.25, 0.3) is 0 Å². The van der Waals surface area contributed by atoms with Crippen molar-refractivity contribution < 1.29 is 29.5 Å². The quantitative estimate of drug-likeness (QED) is 0.374. The minimum atomic E-state index is -0.777. The molecule has 40 heavy (non-hydrogen) atoms. The zero-order chi connectivity index (χ0) is 27.4. The molecular formula is C32H34N2O6. The average Bonchev–Trinajstić information content (AvgIpc) is 3.49. The molecule has 0 amide bonds. The van der Waals surface area contributed by atoms with Crippen LogP contribution in [0.3, 0.4) is 0 Å². The minimum absolute atomic E-state index is 0.0485. The van der Waals surface area contributed by atoms with E-state index in [0.717, 1.165) is 83.8 Å². The van der Waals surface area contributed by atoms with E-state index >= 15 is 0 Å². The molecule has 0 spiro atoms. The molecule has 3 aromatic rings. The van der Waals surface area contributed by atoms with Crippen molar-refractivity contribution in [3.8, 4) is 39.9 Å². The number of nitrogens with one attached hydrogen (secondary N) is 1. The predicted octanol–water partition coefficient (Wildman–Crippen LogP) is 4.50. The summed E-state index contributed by atoms with van der Waals surface area (Å²) in [6.07, 6.45) is 6.55. The second kappa shape index (κ2) is 9.86. The van der Waals surface area contributed by atoms with Gasteiger partial charge in [-0.05, 0) is 78.1 Å². The van der Waals surface area contributed by atoms with Crippen LogP contribution in [0, 0.1) is 0 Å². The number of fused-ring (bicyclic) bond motifs is 8. The maximum absolute atomic E-state index is 11.5. The van der Waals surface area contributed by atoms with Gasteiger partial charge in [-0.25, -0.2) is 0 Å². The number of hydrogen-bond donors (Lipinski definition) is 4. The number of aromatic hydroxyl groups is 2. The molecule has 7 rings (SSSR count). The summed E-state index contributed by atoms with van der Waals surface area (Å²) >= 11 is 0. The summed E-state index contributed by atoms with van der Waals surface area (Å²) in [7, 11) is 1.51. The van der Waals surface area contributed by atoms with Crippen molar-refractivity contribution in [1.29, 1.82) is 0 Å². The van der Waals surface area contributed by atoms with Crippen molar-refractivity contribution in [2.24, 2.45) is 0 Å². The van der Waals surface area contributed by atoms with Gasteiger partial charge in [0.15, 0.2) is 11.5 Å². The molecule has 4 N–H and O–H groups in total. The third-order valence-electron chi connectivity index (χ3n) is 8.70. The van der Waals surface area contributed by atoms with Gasteiger partial charge < -0.3 is 39.7 Å². The Morgan fingerprint density at radius 1 is 1.07 bits per heavy atom. The molecule has 0 radical (unpaired) electrons. The first-order valence-corrected chi connectivity index (χ1v) is 14.0. The maximum Gasteiger partial charge on any atom is 0.160 e. The zero-order valence-corrected chi connectivity index (χ0v) is 22.5. The summed E-state index contributed by atoms with van der Waals surface area (Å²) in [5.74, 6) is 2.53. The molecule has 8 nitrogen and oxygen atoms in total. The Morgan fingerprint density at radius 2 is 1.98 bits per heavy atom. The van der Waals surface area contributed by atoms with Crippen molar-refractivity contribution in [3.05, 3.63) is 76.6 Å². The first-order valence-electron chi connectivity index (χ1n) is 14.0. The van der Waals surface area contributed by atoms with Crippen molar-refractivity contribution in [2.75, 3.05) is 26.9 Å². The monoisotopic (exact) mass is 542 g/mol. The van der Waals surface area contributed by atoms with Gasteiger partial charge in [-0.15, -0.1) is 0 Å². The highest BCUT2D eigenvalue weighted by Gasteiger charge is 2.41. The van der Waals surface area contributed by atoms with Crippen LogP contribution in [0.2, 0.25) is 0 Å². The topological polar surface area (TPSA) is 104 Å². The van der Waals surface area contributed by atoms with Gasteiger partial charge in [0.05, 0.1) is 26.5 Å². The Bertz CT molecular complexity index is 1500. The molecule has 3 heterocycles. The van der Waals surface area contributed by atoms with Crippen LogP contribution in [0.5, 0.6) is 28.7 Å². The molecule has 4 aliphatic rings. The highest BCUT2D eigenvalue weighted by molar-refractivity contribution is 5.85. The highest BCUT2D eigenvalue weighted by Crippen LogP contribution is 2.56. The Kier molecular flexibility index (Phi) is 6.15. The van der Waals surface area contributed by atoms with Gasteiger partial charge in [-0.2, -0.15) is 0 Å². The predicted molar refractivity (Wildman–Crippen MR) is 150 cm³/mol. The van der Waals surface area contributed by atoms with E-state index < -0.39 is 12.2 Å². The lowest BCUT2D eigenvalue weighted by atomic mass is 9.71. The average molecular weight is 543 g/mol. The SMILES string of the molecule is COc1cc([C@H]2Oc3c4c(c5c(c3C[C@H]2O)[C@H](CCN2C=CNC2)Cc2cc(O)ccc2-5)OCCC4)ccc1O. The molecule has 3 aliphatic heterocycles. The number of ether oxygens (including phenoxy) is 3. The van der Waals surface area contributed by atoms with Gasteiger partial charge in [0.2, 0.25) is 0 Å². The smallest absolute Gasteiger partial charge is 0.160 e. The largest absolute Gasteiger partial charge is 0.508 e. The number of rotatable bonds is 5. The van der Waals surface area contributed by atoms with Crippen LogP contribution in [0.4, 0.5) is 0 Å². The van der Waals surface area contributed by atoms with Gasteiger partial charge >= 0.3 is 0 Å². The van der Waals surface area contributed by atoms with E-state index in [9.17, 15) is 15.3 Å². The normalized spacial score (nSPS) is 22.2. The zero-order valence-electron chi connectivity index (χ0n) is 22.5. The van der Waals surface area contributed by atoms with Gasteiger partial charge in [-0.3, -0.25) is 0 Å². The molecule has 0 saturated carbocycles. The van der Waals surface area contributed by atoms with Crippen molar-refractivity contribution >= 4 is 0 Å². The number of hydrogen-bond acceptors (Lipinski definition) is 8. The fourth-order valence-corrected chi connectivity index (χ4v) is 6.85. The van der Waals surface area contributed by atoms with E-state index in [1.54, 1.807) is 24.3 Å².